The Balaban J connectivity index is 1.50. The molecule has 3 rings (SSSR count). The maximum Gasteiger partial charge on any atom is 0.119 e. The molecule has 1 N–H and O–H groups in total. The first-order valence-electron chi connectivity index (χ1n) is 7.49. The van der Waals surface area contributed by atoms with Crippen LogP contribution in [0, 0.1) is 0 Å². The normalized spacial score (nSPS) is 23.3. The van der Waals surface area contributed by atoms with E-state index >= 15 is 0 Å². The average molecular weight is 261 g/mol. The smallest absolute Gasteiger partial charge is 0.119 e. The molecule has 1 heterocycles. The van der Waals surface area contributed by atoms with Crippen molar-refractivity contribution in [2.24, 2.45) is 0 Å². The summed E-state index contributed by atoms with van der Waals surface area (Å²) >= 11 is 0. The largest absolute Gasteiger partial charge is 0.492 e. The first kappa shape index (κ1) is 12.9. The average Bonchev–Trinajstić information content (AvgIpc) is 2.81. The minimum Gasteiger partial charge on any atom is -0.492 e. The summed E-state index contributed by atoms with van der Waals surface area (Å²) in [6.07, 6.45) is 5.60. The lowest BCUT2D eigenvalue weighted by molar-refractivity contribution is 0.179. The summed E-state index contributed by atoms with van der Waals surface area (Å²) in [5.74, 6) is 0.949. The lowest BCUT2D eigenvalue weighted by atomic mass is 10.1. The fourth-order valence-corrected chi connectivity index (χ4v) is 3.14. The zero-order valence-corrected chi connectivity index (χ0v) is 11.5. The minimum atomic E-state index is -0.266. The topological polar surface area (TPSA) is 32.7 Å². The van der Waals surface area contributed by atoms with Crippen LogP contribution in [0.1, 0.15) is 42.9 Å². The first-order chi connectivity index (χ1) is 9.33. The number of fused-ring (bicyclic) bond motifs is 1. The second kappa shape index (κ2) is 5.93. The van der Waals surface area contributed by atoms with Gasteiger partial charge in [-0.15, -0.1) is 0 Å². The molecule has 0 spiro atoms. The number of rotatable bonds is 4. The molecular weight excluding hydrogens is 238 g/mol. The van der Waals surface area contributed by atoms with Crippen LogP contribution in [0.5, 0.6) is 5.75 Å². The highest BCUT2D eigenvalue weighted by molar-refractivity contribution is 5.39. The maximum atomic E-state index is 9.77. The first-order valence-corrected chi connectivity index (χ1v) is 7.49. The van der Waals surface area contributed by atoms with Crippen LogP contribution in [0.15, 0.2) is 18.2 Å². The number of likely N-dealkylation sites (tertiary alicyclic amines) is 1. The monoisotopic (exact) mass is 261 g/mol. The van der Waals surface area contributed by atoms with Gasteiger partial charge in [-0.25, -0.2) is 0 Å². The summed E-state index contributed by atoms with van der Waals surface area (Å²) in [5.41, 5.74) is 2.34. The molecule has 1 aromatic carbocycles. The van der Waals surface area contributed by atoms with Gasteiger partial charge >= 0.3 is 0 Å². The number of aliphatic hydroxyl groups is 1. The summed E-state index contributed by atoms with van der Waals surface area (Å²) in [6.45, 7) is 4.24. The summed E-state index contributed by atoms with van der Waals surface area (Å²) in [7, 11) is 0. The van der Waals surface area contributed by atoms with Gasteiger partial charge in [-0.05, 0) is 62.0 Å². The number of aliphatic hydroxyl groups excluding tert-OH is 1. The molecule has 1 aliphatic heterocycles. The van der Waals surface area contributed by atoms with Gasteiger partial charge in [0.15, 0.2) is 0 Å². The van der Waals surface area contributed by atoms with Gasteiger partial charge in [0.2, 0.25) is 0 Å². The number of piperidine rings is 1. The molecule has 104 valence electrons. The van der Waals surface area contributed by atoms with Gasteiger partial charge in [-0.1, -0.05) is 12.5 Å². The summed E-state index contributed by atoms with van der Waals surface area (Å²) < 4.78 is 5.85. The molecule has 0 unspecified atom stereocenters. The van der Waals surface area contributed by atoms with E-state index in [1.807, 2.05) is 12.1 Å². The Hall–Kier alpha value is -1.06. The zero-order chi connectivity index (χ0) is 13.1. The molecular formula is C16H23NO2. The Kier molecular flexibility index (Phi) is 4.04. The van der Waals surface area contributed by atoms with E-state index in [0.29, 0.717) is 0 Å². The van der Waals surface area contributed by atoms with Crippen molar-refractivity contribution in [2.45, 2.75) is 38.2 Å². The molecule has 0 saturated carbocycles. The molecule has 1 aromatic rings. The lowest BCUT2D eigenvalue weighted by Crippen LogP contribution is -2.33. The van der Waals surface area contributed by atoms with Gasteiger partial charge in [-0.3, -0.25) is 4.90 Å². The van der Waals surface area contributed by atoms with Crippen molar-refractivity contribution in [1.82, 2.24) is 4.90 Å². The molecule has 3 nitrogen and oxygen atoms in total. The summed E-state index contributed by atoms with van der Waals surface area (Å²) in [6, 6.07) is 6.11. The van der Waals surface area contributed by atoms with Crippen molar-refractivity contribution >= 4 is 0 Å². The molecule has 0 radical (unpaired) electrons. The van der Waals surface area contributed by atoms with Crippen LogP contribution in [0.25, 0.3) is 0 Å². The predicted molar refractivity (Wildman–Crippen MR) is 75.5 cm³/mol. The molecule has 2 aliphatic rings. The fraction of sp³-hybridized carbons (Fsp3) is 0.625. The number of nitrogens with zero attached hydrogens (tertiary/aromatic N) is 1. The van der Waals surface area contributed by atoms with Crippen molar-refractivity contribution in [2.75, 3.05) is 26.2 Å². The van der Waals surface area contributed by atoms with Gasteiger partial charge in [0.25, 0.3) is 0 Å². The van der Waals surface area contributed by atoms with E-state index in [4.69, 9.17) is 4.74 Å². The Morgan fingerprint density at radius 2 is 2.05 bits per heavy atom. The van der Waals surface area contributed by atoms with Gasteiger partial charge in [0.1, 0.15) is 12.4 Å². The molecule has 1 aliphatic carbocycles. The molecule has 3 heteroatoms. The third-order valence-electron chi connectivity index (χ3n) is 4.29. The van der Waals surface area contributed by atoms with Crippen molar-refractivity contribution in [1.29, 1.82) is 0 Å². The quantitative estimate of drug-likeness (QED) is 0.904. The van der Waals surface area contributed by atoms with Crippen molar-refractivity contribution in [3.8, 4) is 5.75 Å². The Labute approximate surface area is 115 Å². The third kappa shape index (κ3) is 3.10. The van der Waals surface area contributed by atoms with Crippen LogP contribution in [0.4, 0.5) is 0 Å². The van der Waals surface area contributed by atoms with Crippen LogP contribution in [-0.2, 0) is 6.42 Å². The second-order valence-electron chi connectivity index (χ2n) is 5.67. The van der Waals surface area contributed by atoms with E-state index < -0.39 is 0 Å². The van der Waals surface area contributed by atoms with Gasteiger partial charge in [-0.2, -0.15) is 0 Å². The van der Waals surface area contributed by atoms with Crippen molar-refractivity contribution < 1.29 is 9.84 Å². The van der Waals surface area contributed by atoms with Gasteiger partial charge in [0, 0.05) is 6.54 Å². The predicted octanol–water partition coefficient (Wildman–Crippen LogP) is 2.53. The third-order valence-corrected chi connectivity index (χ3v) is 4.29. The van der Waals surface area contributed by atoms with Crippen molar-refractivity contribution in [3.05, 3.63) is 29.3 Å². The van der Waals surface area contributed by atoms with Gasteiger partial charge < -0.3 is 9.84 Å². The Morgan fingerprint density at radius 1 is 1.21 bits per heavy atom. The summed E-state index contributed by atoms with van der Waals surface area (Å²) in [5, 5.41) is 9.77. The number of benzene rings is 1. The number of hydrogen-bond acceptors (Lipinski definition) is 3. The molecule has 0 bridgehead atoms. The number of hydrogen-bond donors (Lipinski definition) is 1. The molecule has 1 atom stereocenters. The molecule has 0 aromatic heterocycles. The molecule has 1 saturated heterocycles. The van der Waals surface area contributed by atoms with E-state index in [1.54, 1.807) is 0 Å². The molecule has 1 fully saturated rings. The fourth-order valence-electron chi connectivity index (χ4n) is 3.14. The van der Waals surface area contributed by atoms with Crippen LogP contribution in [0.2, 0.25) is 0 Å². The number of aryl methyl sites for hydroxylation is 1. The second-order valence-corrected chi connectivity index (χ2v) is 5.67. The van der Waals surface area contributed by atoms with E-state index in [-0.39, 0.29) is 6.10 Å². The van der Waals surface area contributed by atoms with E-state index in [9.17, 15) is 5.11 Å². The Morgan fingerprint density at radius 3 is 2.89 bits per heavy atom. The highest BCUT2D eigenvalue weighted by atomic mass is 16.5. The van der Waals surface area contributed by atoms with Crippen LogP contribution >= 0.6 is 0 Å². The van der Waals surface area contributed by atoms with E-state index in [1.165, 1.54) is 37.9 Å². The highest BCUT2D eigenvalue weighted by Crippen LogP contribution is 2.33. The van der Waals surface area contributed by atoms with Gasteiger partial charge in [0.05, 0.1) is 6.10 Å². The maximum absolute atomic E-state index is 9.77. The lowest BCUT2D eigenvalue weighted by Gasteiger charge is -2.26. The Bertz CT molecular complexity index is 427. The SMILES string of the molecule is O[C@@H]1CCc2cc(OCCN3CCCCC3)ccc21. The van der Waals surface area contributed by atoms with Crippen molar-refractivity contribution in [3.63, 3.8) is 0 Å². The molecule has 0 amide bonds. The standard InChI is InChI=1S/C16H23NO2/c18-16-7-4-13-12-14(5-6-15(13)16)19-11-10-17-8-2-1-3-9-17/h5-6,12,16,18H,1-4,7-11H2/t16-/m1/s1. The van der Waals surface area contributed by atoms with Crippen LogP contribution in [-0.4, -0.2) is 36.2 Å². The zero-order valence-electron chi connectivity index (χ0n) is 11.5. The minimum absolute atomic E-state index is 0.266. The highest BCUT2D eigenvalue weighted by Gasteiger charge is 2.20. The number of ether oxygens (including phenoxy) is 1. The molecule has 19 heavy (non-hydrogen) atoms. The van der Waals surface area contributed by atoms with E-state index in [2.05, 4.69) is 11.0 Å². The van der Waals surface area contributed by atoms with Crippen LogP contribution in [0.3, 0.4) is 0 Å². The van der Waals surface area contributed by atoms with Crippen LogP contribution < -0.4 is 4.74 Å². The van der Waals surface area contributed by atoms with E-state index in [0.717, 1.165) is 37.3 Å². The summed E-state index contributed by atoms with van der Waals surface area (Å²) in [4.78, 5) is 2.49.